The van der Waals surface area contributed by atoms with E-state index in [0.29, 0.717) is 0 Å². The number of hydrogen-bond donors (Lipinski definition) is 0. The quantitative estimate of drug-likeness (QED) is 0.562. The average Bonchev–Trinajstić information content (AvgIpc) is 2.10. The SMILES string of the molecule is CC.CCc1ccc(C)[o+]c1. The van der Waals surface area contributed by atoms with Crippen LogP contribution in [0.5, 0.6) is 0 Å². The summed E-state index contributed by atoms with van der Waals surface area (Å²) in [5, 5.41) is 0. The molecule has 0 saturated carbocycles. The van der Waals surface area contributed by atoms with E-state index in [1.165, 1.54) is 5.56 Å². The van der Waals surface area contributed by atoms with E-state index in [4.69, 9.17) is 4.42 Å². The van der Waals surface area contributed by atoms with Crippen molar-refractivity contribution in [3.8, 4) is 0 Å². The molecule has 11 heavy (non-hydrogen) atoms. The third-order valence-electron chi connectivity index (χ3n) is 1.34. The Morgan fingerprint density at radius 3 is 2.27 bits per heavy atom. The molecule has 0 aliphatic heterocycles. The molecule has 0 spiro atoms. The standard InChI is InChI=1S/C8H11O.C2H6/c1-3-8-5-4-7(2)9-6-8;1-2/h4-6H,3H2,1-2H3;1-2H3/q+1;. The monoisotopic (exact) mass is 153 g/mol. The molecular formula is C10H17O+. The van der Waals surface area contributed by atoms with Crippen molar-refractivity contribution in [3.63, 3.8) is 0 Å². The molecule has 0 radical (unpaired) electrons. The molecule has 0 saturated heterocycles. The van der Waals surface area contributed by atoms with Crippen molar-refractivity contribution in [1.29, 1.82) is 0 Å². The summed E-state index contributed by atoms with van der Waals surface area (Å²) in [4.78, 5) is 0. The first kappa shape index (κ1) is 10.2. The van der Waals surface area contributed by atoms with Gasteiger partial charge in [-0.1, -0.05) is 20.8 Å². The molecule has 0 fully saturated rings. The topological polar surface area (TPSA) is 11.3 Å². The summed E-state index contributed by atoms with van der Waals surface area (Å²) in [7, 11) is 0. The largest absolute Gasteiger partial charge is 0.326 e. The number of rotatable bonds is 1. The highest BCUT2D eigenvalue weighted by molar-refractivity contribution is 5.09. The second-order valence-corrected chi connectivity index (χ2v) is 2.11. The van der Waals surface area contributed by atoms with E-state index in [1.807, 2.05) is 26.8 Å². The predicted molar refractivity (Wildman–Crippen MR) is 48.6 cm³/mol. The first-order valence-corrected chi connectivity index (χ1v) is 4.20. The molecule has 1 heterocycles. The molecule has 0 atom stereocenters. The summed E-state index contributed by atoms with van der Waals surface area (Å²) in [6.45, 7) is 8.06. The first-order chi connectivity index (χ1) is 5.33. The Bertz CT molecular complexity index is 177. The highest BCUT2D eigenvalue weighted by Crippen LogP contribution is 2.02. The van der Waals surface area contributed by atoms with E-state index in [2.05, 4.69) is 13.0 Å². The Kier molecular flexibility index (Phi) is 5.44. The second kappa shape index (κ2) is 5.90. The maximum absolute atomic E-state index is 5.15. The van der Waals surface area contributed by atoms with Gasteiger partial charge in [0.1, 0.15) is 0 Å². The van der Waals surface area contributed by atoms with Crippen molar-refractivity contribution in [2.45, 2.75) is 34.1 Å². The first-order valence-electron chi connectivity index (χ1n) is 4.20. The van der Waals surface area contributed by atoms with Gasteiger partial charge in [0, 0.05) is 11.6 Å². The fraction of sp³-hybridized carbons (Fsp3) is 0.500. The minimum atomic E-state index is 0.965. The Hall–Kier alpha value is -0.850. The molecule has 0 aromatic carbocycles. The minimum absolute atomic E-state index is 0.965. The van der Waals surface area contributed by atoms with Crippen LogP contribution in [0.4, 0.5) is 0 Å². The van der Waals surface area contributed by atoms with Crippen molar-refractivity contribution >= 4 is 0 Å². The molecule has 0 N–H and O–H groups in total. The van der Waals surface area contributed by atoms with Crippen LogP contribution in [-0.4, -0.2) is 0 Å². The molecule has 1 rings (SSSR count). The third-order valence-corrected chi connectivity index (χ3v) is 1.34. The molecule has 0 aliphatic rings. The molecule has 0 bridgehead atoms. The molecule has 1 aromatic rings. The summed E-state index contributed by atoms with van der Waals surface area (Å²) < 4.78 is 5.15. The van der Waals surface area contributed by atoms with Crippen LogP contribution in [-0.2, 0) is 6.42 Å². The highest BCUT2D eigenvalue weighted by atomic mass is 16.3. The van der Waals surface area contributed by atoms with Crippen molar-refractivity contribution in [2.24, 2.45) is 0 Å². The molecule has 1 nitrogen and oxygen atoms in total. The van der Waals surface area contributed by atoms with Gasteiger partial charge in [0.05, 0.1) is 6.92 Å². The predicted octanol–water partition coefficient (Wildman–Crippen LogP) is 3.46. The summed E-state index contributed by atoms with van der Waals surface area (Å²) >= 11 is 0. The van der Waals surface area contributed by atoms with Crippen molar-refractivity contribution in [2.75, 3.05) is 0 Å². The lowest BCUT2D eigenvalue weighted by molar-refractivity contribution is 0.510. The van der Waals surface area contributed by atoms with Gasteiger partial charge < -0.3 is 0 Å². The van der Waals surface area contributed by atoms with Crippen LogP contribution >= 0.6 is 0 Å². The van der Waals surface area contributed by atoms with Gasteiger partial charge in [-0.2, -0.15) is 0 Å². The zero-order valence-corrected chi connectivity index (χ0v) is 7.85. The van der Waals surface area contributed by atoms with E-state index in [9.17, 15) is 0 Å². The van der Waals surface area contributed by atoms with E-state index < -0.39 is 0 Å². The molecule has 0 aliphatic carbocycles. The maximum atomic E-state index is 5.15. The molecule has 1 heteroatoms. The fourth-order valence-electron chi connectivity index (χ4n) is 0.673. The zero-order chi connectivity index (χ0) is 8.69. The average molecular weight is 153 g/mol. The van der Waals surface area contributed by atoms with Gasteiger partial charge in [-0.05, 0) is 12.5 Å². The van der Waals surface area contributed by atoms with Crippen LogP contribution in [0.3, 0.4) is 0 Å². The smallest absolute Gasteiger partial charge is 0.221 e. The minimum Gasteiger partial charge on any atom is -0.221 e. The summed E-state index contributed by atoms with van der Waals surface area (Å²) in [5.41, 5.74) is 1.25. The zero-order valence-electron chi connectivity index (χ0n) is 7.85. The Balaban J connectivity index is 0.000000461. The molecule has 1 aromatic heterocycles. The van der Waals surface area contributed by atoms with Crippen LogP contribution in [0.15, 0.2) is 22.8 Å². The van der Waals surface area contributed by atoms with Gasteiger partial charge >= 0.3 is 12.0 Å². The van der Waals surface area contributed by atoms with E-state index in [-0.39, 0.29) is 0 Å². The Labute approximate surface area is 69.1 Å². The fourth-order valence-corrected chi connectivity index (χ4v) is 0.673. The van der Waals surface area contributed by atoms with Crippen LogP contribution in [0.1, 0.15) is 32.1 Å². The Morgan fingerprint density at radius 2 is 1.91 bits per heavy atom. The van der Waals surface area contributed by atoms with Crippen molar-refractivity contribution < 1.29 is 4.42 Å². The van der Waals surface area contributed by atoms with Crippen LogP contribution in [0, 0.1) is 6.92 Å². The van der Waals surface area contributed by atoms with E-state index >= 15 is 0 Å². The van der Waals surface area contributed by atoms with Gasteiger partial charge in [-0.3, -0.25) is 0 Å². The number of hydrogen-bond acceptors (Lipinski definition) is 0. The van der Waals surface area contributed by atoms with Crippen LogP contribution < -0.4 is 0 Å². The number of aryl methyl sites for hydroxylation is 2. The van der Waals surface area contributed by atoms with Crippen LogP contribution in [0.2, 0.25) is 0 Å². The van der Waals surface area contributed by atoms with E-state index in [1.54, 1.807) is 6.26 Å². The maximum Gasteiger partial charge on any atom is 0.326 e. The van der Waals surface area contributed by atoms with Gasteiger partial charge in [0.25, 0.3) is 0 Å². The van der Waals surface area contributed by atoms with Gasteiger partial charge in [0.15, 0.2) is 0 Å². The van der Waals surface area contributed by atoms with Crippen molar-refractivity contribution in [1.82, 2.24) is 0 Å². The van der Waals surface area contributed by atoms with Crippen molar-refractivity contribution in [3.05, 3.63) is 29.7 Å². The lowest BCUT2D eigenvalue weighted by Gasteiger charge is -1.83. The summed E-state index contributed by atoms with van der Waals surface area (Å²) in [6.07, 6.45) is 2.85. The van der Waals surface area contributed by atoms with Crippen LogP contribution in [0.25, 0.3) is 0 Å². The normalized spacial score (nSPS) is 8.36. The Morgan fingerprint density at radius 1 is 1.27 bits per heavy atom. The molecule has 62 valence electrons. The lowest BCUT2D eigenvalue weighted by atomic mass is 10.2. The molecule has 0 unspecified atom stereocenters. The van der Waals surface area contributed by atoms with Gasteiger partial charge in [-0.25, -0.2) is 4.42 Å². The molecular weight excluding hydrogens is 136 g/mol. The highest BCUT2D eigenvalue weighted by Gasteiger charge is 1.98. The van der Waals surface area contributed by atoms with Gasteiger partial charge in [0.2, 0.25) is 0 Å². The second-order valence-electron chi connectivity index (χ2n) is 2.11. The lowest BCUT2D eigenvalue weighted by Crippen LogP contribution is -1.77. The van der Waals surface area contributed by atoms with E-state index in [0.717, 1.165) is 12.2 Å². The molecule has 0 amide bonds. The summed E-state index contributed by atoms with van der Waals surface area (Å²) in [6, 6.07) is 4.07. The summed E-state index contributed by atoms with van der Waals surface area (Å²) in [5.74, 6) is 0.965. The van der Waals surface area contributed by atoms with Gasteiger partial charge in [-0.15, -0.1) is 0 Å². The third kappa shape index (κ3) is 3.76.